The zero-order valence-corrected chi connectivity index (χ0v) is 12.8. The Morgan fingerprint density at radius 2 is 1.57 bits per heavy atom. The van der Waals surface area contributed by atoms with Gasteiger partial charge in [-0.05, 0) is 48.6 Å². The molecular weight excluding hydrogens is 265 g/mol. The molecule has 0 saturated heterocycles. The molecule has 2 aromatic rings. The zero-order valence-electron chi connectivity index (χ0n) is 12.8. The minimum Gasteiger partial charge on any atom is -0.392 e. The van der Waals surface area contributed by atoms with Gasteiger partial charge in [-0.25, -0.2) is 4.39 Å². The van der Waals surface area contributed by atoms with Crippen molar-refractivity contribution >= 4 is 0 Å². The fourth-order valence-corrected chi connectivity index (χ4v) is 2.38. The second-order valence-corrected chi connectivity index (χ2v) is 5.55. The predicted molar refractivity (Wildman–Crippen MR) is 83.5 cm³/mol. The van der Waals surface area contributed by atoms with Crippen molar-refractivity contribution < 1.29 is 9.50 Å². The van der Waals surface area contributed by atoms with Crippen LogP contribution in [0.3, 0.4) is 0 Å². The van der Waals surface area contributed by atoms with Gasteiger partial charge in [0, 0.05) is 12.6 Å². The molecule has 0 radical (unpaired) electrons. The maximum atomic E-state index is 13.7. The number of aliphatic hydroxyl groups excluding tert-OH is 1. The quantitative estimate of drug-likeness (QED) is 0.877. The van der Waals surface area contributed by atoms with Crippen LogP contribution >= 0.6 is 0 Å². The van der Waals surface area contributed by atoms with E-state index >= 15 is 0 Å². The zero-order chi connectivity index (χ0) is 15.4. The number of rotatable bonds is 5. The summed E-state index contributed by atoms with van der Waals surface area (Å²) in [5.74, 6) is -0.120. The van der Waals surface area contributed by atoms with Crippen molar-refractivity contribution in [3.05, 3.63) is 70.0 Å². The van der Waals surface area contributed by atoms with Crippen LogP contribution in [0.5, 0.6) is 0 Å². The highest BCUT2D eigenvalue weighted by atomic mass is 19.1. The molecule has 112 valence electrons. The summed E-state index contributed by atoms with van der Waals surface area (Å²) < 4.78 is 13.7. The lowest BCUT2D eigenvalue weighted by molar-refractivity contribution is 0.282. The third kappa shape index (κ3) is 3.90. The Morgan fingerprint density at radius 1 is 1.05 bits per heavy atom. The predicted octanol–water partition coefficient (Wildman–Crippen LogP) is 3.79. The maximum Gasteiger partial charge on any atom is 0.129 e. The van der Waals surface area contributed by atoms with Gasteiger partial charge in [-0.3, -0.25) is 0 Å². The van der Waals surface area contributed by atoms with E-state index in [4.69, 9.17) is 5.11 Å². The maximum absolute atomic E-state index is 13.7. The molecule has 0 saturated carbocycles. The molecule has 0 aromatic heterocycles. The smallest absolute Gasteiger partial charge is 0.129 e. The van der Waals surface area contributed by atoms with Crippen molar-refractivity contribution in [1.82, 2.24) is 5.32 Å². The van der Waals surface area contributed by atoms with Crippen molar-refractivity contribution in [3.63, 3.8) is 0 Å². The number of halogens is 1. The van der Waals surface area contributed by atoms with Gasteiger partial charge in [0.05, 0.1) is 6.61 Å². The Balaban J connectivity index is 2.02. The Kier molecular flexibility index (Phi) is 5.10. The molecule has 0 amide bonds. The van der Waals surface area contributed by atoms with Gasteiger partial charge < -0.3 is 10.4 Å². The van der Waals surface area contributed by atoms with Gasteiger partial charge in [-0.15, -0.1) is 0 Å². The van der Waals surface area contributed by atoms with E-state index in [0.717, 1.165) is 23.2 Å². The average molecular weight is 287 g/mol. The largest absolute Gasteiger partial charge is 0.392 e. The summed E-state index contributed by atoms with van der Waals surface area (Å²) in [6.07, 6.45) is 0. The first-order valence-corrected chi connectivity index (χ1v) is 7.20. The lowest BCUT2D eigenvalue weighted by atomic mass is 10.0. The number of aliphatic hydroxyl groups is 1. The Labute approximate surface area is 125 Å². The molecule has 2 nitrogen and oxygen atoms in total. The molecule has 2 rings (SSSR count). The van der Waals surface area contributed by atoms with Crippen molar-refractivity contribution in [2.24, 2.45) is 0 Å². The van der Waals surface area contributed by atoms with Crippen LogP contribution in [0.15, 0.2) is 36.4 Å². The monoisotopic (exact) mass is 287 g/mol. The van der Waals surface area contributed by atoms with E-state index in [1.807, 2.05) is 36.4 Å². The van der Waals surface area contributed by atoms with Crippen LogP contribution in [0.2, 0.25) is 0 Å². The van der Waals surface area contributed by atoms with Crippen LogP contribution in [0.1, 0.15) is 40.8 Å². The molecule has 0 heterocycles. The van der Waals surface area contributed by atoms with E-state index in [9.17, 15) is 4.39 Å². The van der Waals surface area contributed by atoms with E-state index in [1.54, 1.807) is 13.8 Å². The summed E-state index contributed by atoms with van der Waals surface area (Å²) in [7, 11) is 0. The summed E-state index contributed by atoms with van der Waals surface area (Å²) >= 11 is 0. The summed E-state index contributed by atoms with van der Waals surface area (Å²) in [6, 6.07) is 11.8. The molecule has 1 unspecified atom stereocenters. The van der Waals surface area contributed by atoms with Gasteiger partial charge in [0.2, 0.25) is 0 Å². The van der Waals surface area contributed by atoms with Crippen LogP contribution in [-0.2, 0) is 13.2 Å². The molecule has 2 N–H and O–H groups in total. The summed E-state index contributed by atoms with van der Waals surface area (Å²) in [5, 5.41) is 12.5. The van der Waals surface area contributed by atoms with Crippen molar-refractivity contribution in [2.45, 2.75) is 40.0 Å². The molecule has 0 aliphatic carbocycles. The van der Waals surface area contributed by atoms with E-state index in [2.05, 4.69) is 12.2 Å². The molecule has 2 aromatic carbocycles. The second-order valence-electron chi connectivity index (χ2n) is 5.55. The van der Waals surface area contributed by atoms with Gasteiger partial charge >= 0.3 is 0 Å². The van der Waals surface area contributed by atoms with Crippen LogP contribution in [0.4, 0.5) is 4.39 Å². The number of nitrogens with one attached hydrogen (secondary N) is 1. The number of hydrogen-bond donors (Lipinski definition) is 2. The molecular formula is C18H22FNO. The van der Waals surface area contributed by atoms with Gasteiger partial charge in [-0.2, -0.15) is 0 Å². The third-order valence-corrected chi connectivity index (χ3v) is 3.78. The van der Waals surface area contributed by atoms with E-state index in [-0.39, 0.29) is 18.5 Å². The molecule has 0 fully saturated rings. The number of hydrogen-bond acceptors (Lipinski definition) is 2. The molecule has 0 bridgehead atoms. The summed E-state index contributed by atoms with van der Waals surface area (Å²) in [6.45, 7) is 6.48. The number of benzene rings is 2. The van der Waals surface area contributed by atoms with E-state index < -0.39 is 0 Å². The highest BCUT2D eigenvalue weighted by molar-refractivity contribution is 5.32. The molecule has 0 spiro atoms. The van der Waals surface area contributed by atoms with Crippen molar-refractivity contribution in [1.29, 1.82) is 0 Å². The van der Waals surface area contributed by atoms with Gasteiger partial charge in [0.1, 0.15) is 5.82 Å². The number of aryl methyl sites for hydroxylation is 2. The van der Waals surface area contributed by atoms with Gasteiger partial charge in [0.25, 0.3) is 0 Å². The van der Waals surface area contributed by atoms with Crippen LogP contribution in [-0.4, -0.2) is 5.11 Å². The lowest BCUT2D eigenvalue weighted by Gasteiger charge is -2.16. The topological polar surface area (TPSA) is 32.3 Å². The SMILES string of the molecule is Cc1cc(C(C)NCc2ccc(CO)cc2)cc(C)c1F. The average Bonchev–Trinajstić information content (AvgIpc) is 2.50. The molecule has 3 heteroatoms. The van der Waals surface area contributed by atoms with Gasteiger partial charge in [0.15, 0.2) is 0 Å². The molecule has 21 heavy (non-hydrogen) atoms. The Bertz CT molecular complexity index is 584. The van der Waals surface area contributed by atoms with Crippen LogP contribution in [0, 0.1) is 19.7 Å². The standard InChI is InChI=1S/C18H22FNO/c1-12-8-17(9-13(2)18(12)19)14(3)20-10-15-4-6-16(11-21)7-5-15/h4-9,14,20-21H,10-11H2,1-3H3. The minimum absolute atomic E-state index is 0.0677. The van der Waals surface area contributed by atoms with Crippen LogP contribution in [0.25, 0.3) is 0 Å². The Morgan fingerprint density at radius 3 is 2.10 bits per heavy atom. The van der Waals surface area contributed by atoms with Crippen LogP contribution < -0.4 is 5.32 Å². The second kappa shape index (κ2) is 6.83. The summed E-state index contributed by atoms with van der Waals surface area (Å²) in [5.41, 5.74) is 4.54. The first-order valence-electron chi connectivity index (χ1n) is 7.20. The van der Waals surface area contributed by atoms with Crippen molar-refractivity contribution in [3.8, 4) is 0 Å². The highest BCUT2D eigenvalue weighted by Crippen LogP contribution is 2.20. The molecule has 0 aliphatic heterocycles. The Hall–Kier alpha value is -1.71. The molecule has 0 aliphatic rings. The van der Waals surface area contributed by atoms with E-state index in [1.165, 1.54) is 0 Å². The lowest BCUT2D eigenvalue weighted by Crippen LogP contribution is -2.18. The third-order valence-electron chi connectivity index (χ3n) is 3.78. The normalized spacial score (nSPS) is 12.4. The minimum atomic E-state index is -0.120. The van der Waals surface area contributed by atoms with Crippen molar-refractivity contribution in [2.75, 3.05) is 0 Å². The first kappa shape index (κ1) is 15.7. The van der Waals surface area contributed by atoms with E-state index in [0.29, 0.717) is 11.1 Å². The summed E-state index contributed by atoms with van der Waals surface area (Å²) in [4.78, 5) is 0. The highest BCUT2D eigenvalue weighted by Gasteiger charge is 2.09. The fraction of sp³-hybridized carbons (Fsp3) is 0.333. The van der Waals surface area contributed by atoms with Gasteiger partial charge in [-0.1, -0.05) is 36.4 Å². The first-order chi connectivity index (χ1) is 10.0. The fourth-order valence-electron chi connectivity index (χ4n) is 2.38. The molecule has 1 atom stereocenters.